The largest absolute Gasteiger partial charge is 0.493 e. The van der Waals surface area contributed by atoms with E-state index < -0.39 is 0 Å². The third-order valence-electron chi connectivity index (χ3n) is 3.93. The zero-order chi connectivity index (χ0) is 19.5. The predicted octanol–water partition coefficient (Wildman–Crippen LogP) is 5.52. The Hall–Kier alpha value is -2.16. The van der Waals surface area contributed by atoms with Gasteiger partial charge in [-0.15, -0.1) is 11.3 Å². The van der Waals surface area contributed by atoms with Gasteiger partial charge in [0.25, 0.3) is 5.56 Å². The highest BCUT2D eigenvalue weighted by Crippen LogP contribution is 2.24. The van der Waals surface area contributed by atoms with Crippen molar-refractivity contribution in [3.63, 3.8) is 0 Å². The highest BCUT2D eigenvalue weighted by atomic mass is 79.9. The Morgan fingerprint density at radius 3 is 2.61 bits per heavy atom. The first-order valence-electron chi connectivity index (χ1n) is 8.39. The third kappa shape index (κ3) is 4.14. The molecule has 0 N–H and O–H groups in total. The molecule has 0 amide bonds. The zero-order valence-electron chi connectivity index (χ0n) is 14.5. The van der Waals surface area contributed by atoms with Crippen LogP contribution >= 0.6 is 39.0 Å². The van der Waals surface area contributed by atoms with Crippen LogP contribution in [0.5, 0.6) is 5.75 Å². The molecule has 2 aromatic carbocycles. The van der Waals surface area contributed by atoms with Gasteiger partial charge in [0.15, 0.2) is 5.16 Å². The summed E-state index contributed by atoms with van der Waals surface area (Å²) in [4.78, 5) is 17.7. The standard InChI is InChI=1S/C20H14BrFN2O2S2/c21-13-1-5-15(6-2-13)24-19(25)18-17(9-11-27-18)23-20(24)28-12-10-26-16-7-3-14(22)4-8-16/h1-9,11H,10,12H2. The average Bonchev–Trinajstić information content (AvgIpc) is 3.17. The second kappa shape index (κ2) is 8.46. The molecule has 0 aliphatic carbocycles. The summed E-state index contributed by atoms with van der Waals surface area (Å²) in [6, 6.07) is 15.3. The molecule has 2 heterocycles. The molecular formula is C20H14BrFN2O2S2. The SMILES string of the molecule is O=c1c2sccc2nc(SCCOc2ccc(F)cc2)n1-c1ccc(Br)cc1. The first kappa shape index (κ1) is 19.2. The summed E-state index contributed by atoms with van der Waals surface area (Å²) in [6.07, 6.45) is 0. The Bertz CT molecular complexity index is 1160. The van der Waals surface area contributed by atoms with Crippen LogP contribution in [0.1, 0.15) is 0 Å². The van der Waals surface area contributed by atoms with Gasteiger partial charge >= 0.3 is 0 Å². The van der Waals surface area contributed by atoms with Gasteiger partial charge in [0.05, 0.1) is 17.8 Å². The highest BCUT2D eigenvalue weighted by molar-refractivity contribution is 9.10. The summed E-state index contributed by atoms with van der Waals surface area (Å²) < 4.78 is 21.8. The summed E-state index contributed by atoms with van der Waals surface area (Å²) in [5, 5.41) is 2.48. The van der Waals surface area contributed by atoms with E-state index in [1.54, 1.807) is 16.7 Å². The van der Waals surface area contributed by atoms with Crippen molar-refractivity contribution in [1.82, 2.24) is 9.55 Å². The molecule has 28 heavy (non-hydrogen) atoms. The maximum Gasteiger partial charge on any atom is 0.276 e. The Labute approximate surface area is 177 Å². The Balaban J connectivity index is 1.58. The van der Waals surface area contributed by atoms with Gasteiger partial charge < -0.3 is 4.74 Å². The summed E-state index contributed by atoms with van der Waals surface area (Å²) in [6.45, 7) is 0.411. The summed E-state index contributed by atoms with van der Waals surface area (Å²) in [5.41, 5.74) is 1.38. The monoisotopic (exact) mass is 476 g/mol. The Kier molecular flexibility index (Phi) is 5.79. The van der Waals surface area contributed by atoms with E-state index in [9.17, 15) is 9.18 Å². The van der Waals surface area contributed by atoms with Crippen molar-refractivity contribution in [2.75, 3.05) is 12.4 Å². The number of thioether (sulfide) groups is 1. The molecule has 0 fully saturated rings. The molecule has 0 aliphatic heterocycles. The van der Waals surface area contributed by atoms with E-state index in [0.717, 1.165) is 10.2 Å². The van der Waals surface area contributed by atoms with Gasteiger partial charge in [-0.3, -0.25) is 9.36 Å². The average molecular weight is 477 g/mol. The fraction of sp³-hybridized carbons (Fsp3) is 0.100. The smallest absolute Gasteiger partial charge is 0.276 e. The van der Waals surface area contributed by atoms with Crippen molar-refractivity contribution in [3.8, 4) is 11.4 Å². The highest BCUT2D eigenvalue weighted by Gasteiger charge is 2.14. The molecule has 142 valence electrons. The van der Waals surface area contributed by atoms with Crippen LogP contribution in [-0.2, 0) is 0 Å². The minimum atomic E-state index is -0.298. The van der Waals surface area contributed by atoms with E-state index in [0.29, 0.717) is 33.5 Å². The van der Waals surface area contributed by atoms with Crippen molar-refractivity contribution < 1.29 is 9.13 Å². The number of hydrogen-bond acceptors (Lipinski definition) is 5. The summed E-state index contributed by atoms with van der Waals surface area (Å²) in [7, 11) is 0. The molecule has 0 aliphatic rings. The molecule has 0 unspecified atom stereocenters. The molecule has 0 bridgehead atoms. The number of thiophene rings is 1. The van der Waals surface area contributed by atoms with Gasteiger partial charge in [0, 0.05) is 10.2 Å². The maximum atomic E-state index is 13.0. The van der Waals surface area contributed by atoms with E-state index >= 15 is 0 Å². The van der Waals surface area contributed by atoms with Crippen LogP contribution in [0.25, 0.3) is 15.9 Å². The summed E-state index contributed by atoms with van der Waals surface area (Å²) >= 11 is 6.26. The summed E-state index contributed by atoms with van der Waals surface area (Å²) in [5.74, 6) is 0.901. The van der Waals surface area contributed by atoms with Crippen LogP contribution in [0.3, 0.4) is 0 Å². The molecule has 4 rings (SSSR count). The molecule has 0 radical (unpaired) electrons. The van der Waals surface area contributed by atoms with Gasteiger partial charge in [-0.05, 0) is 60.0 Å². The fourth-order valence-corrected chi connectivity index (χ4v) is 4.48. The van der Waals surface area contributed by atoms with Crippen molar-refractivity contribution in [1.29, 1.82) is 0 Å². The number of nitrogens with zero attached hydrogens (tertiary/aromatic N) is 2. The van der Waals surface area contributed by atoms with Gasteiger partial charge in [-0.25, -0.2) is 9.37 Å². The number of hydrogen-bond donors (Lipinski definition) is 0. The van der Waals surface area contributed by atoms with Crippen molar-refractivity contribution in [2.45, 2.75) is 5.16 Å². The lowest BCUT2D eigenvalue weighted by atomic mass is 10.3. The minimum Gasteiger partial charge on any atom is -0.493 e. The van der Waals surface area contributed by atoms with Crippen LogP contribution < -0.4 is 10.3 Å². The second-order valence-electron chi connectivity index (χ2n) is 5.80. The molecule has 8 heteroatoms. The lowest BCUT2D eigenvalue weighted by molar-refractivity contribution is 0.343. The van der Waals surface area contributed by atoms with E-state index in [-0.39, 0.29) is 11.4 Å². The quantitative estimate of drug-likeness (QED) is 0.208. The van der Waals surface area contributed by atoms with E-state index in [4.69, 9.17) is 4.74 Å². The predicted molar refractivity (Wildman–Crippen MR) is 116 cm³/mol. The van der Waals surface area contributed by atoms with E-state index in [1.807, 2.05) is 35.7 Å². The second-order valence-corrected chi connectivity index (χ2v) is 8.69. The lowest BCUT2D eigenvalue weighted by Crippen LogP contribution is -2.21. The van der Waals surface area contributed by atoms with Crippen molar-refractivity contribution in [3.05, 3.63) is 80.6 Å². The fourth-order valence-electron chi connectivity index (χ4n) is 2.63. The Morgan fingerprint density at radius 2 is 1.86 bits per heavy atom. The number of rotatable bonds is 6. The third-order valence-corrected chi connectivity index (χ3v) is 6.25. The van der Waals surface area contributed by atoms with Crippen molar-refractivity contribution in [2.24, 2.45) is 0 Å². The van der Waals surface area contributed by atoms with Gasteiger partial charge in [0.2, 0.25) is 0 Å². The maximum absolute atomic E-state index is 13.0. The van der Waals surface area contributed by atoms with Gasteiger partial charge in [-0.2, -0.15) is 0 Å². The molecular weight excluding hydrogens is 463 g/mol. The topological polar surface area (TPSA) is 44.1 Å². The molecule has 4 aromatic rings. The van der Waals surface area contributed by atoms with Crippen LogP contribution in [-0.4, -0.2) is 21.9 Å². The van der Waals surface area contributed by atoms with E-state index in [1.165, 1.54) is 35.2 Å². The number of halogens is 2. The van der Waals surface area contributed by atoms with E-state index in [2.05, 4.69) is 20.9 Å². The number of aromatic nitrogens is 2. The minimum absolute atomic E-state index is 0.0794. The number of ether oxygens (including phenoxy) is 1. The molecule has 0 saturated carbocycles. The van der Waals surface area contributed by atoms with Crippen molar-refractivity contribution >= 4 is 49.2 Å². The molecule has 0 atom stereocenters. The van der Waals surface area contributed by atoms with Crippen LogP contribution in [0, 0.1) is 5.82 Å². The van der Waals surface area contributed by atoms with Crippen LogP contribution in [0.4, 0.5) is 4.39 Å². The molecule has 2 aromatic heterocycles. The van der Waals surface area contributed by atoms with Gasteiger partial charge in [-0.1, -0.05) is 27.7 Å². The Morgan fingerprint density at radius 1 is 1.11 bits per heavy atom. The first-order valence-corrected chi connectivity index (χ1v) is 11.0. The van der Waals surface area contributed by atoms with Crippen LogP contribution in [0.2, 0.25) is 0 Å². The lowest BCUT2D eigenvalue weighted by Gasteiger charge is -2.12. The van der Waals surface area contributed by atoms with Gasteiger partial charge in [0.1, 0.15) is 16.3 Å². The number of benzene rings is 2. The zero-order valence-corrected chi connectivity index (χ0v) is 17.7. The van der Waals surface area contributed by atoms with Crippen LogP contribution in [0.15, 0.2) is 74.4 Å². The molecule has 0 saturated heterocycles. The molecule has 0 spiro atoms. The normalized spacial score (nSPS) is 11.1. The number of fused-ring (bicyclic) bond motifs is 1. The molecule has 4 nitrogen and oxygen atoms in total. The first-order chi connectivity index (χ1) is 13.6.